The quantitative estimate of drug-likeness (QED) is 0.152. The molecule has 0 aliphatic carbocycles. The molecule has 0 unspecified atom stereocenters. The van der Waals surface area contributed by atoms with E-state index in [0.29, 0.717) is 35.0 Å². The van der Waals surface area contributed by atoms with E-state index in [1.165, 1.54) is 46.8 Å². The Kier molecular flexibility index (Phi) is 10.7. The van der Waals surface area contributed by atoms with Crippen LogP contribution in [-0.2, 0) is 4.79 Å². The van der Waals surface area contributed by atoms with Gasteiger partial charge in [0.15, 0.2) is 23.0 Å². The summed E-state index contributed by atoms with van der Waals surface area (Å²) in [6.07, 6.45) is 6.05. The second-order valence-corrected chi connectivity index (χ2v) is 7.32. The van der Waals surface area contributed by atoms with Gasteiger partial charge in [-0.15, -0.1) is 0 Å². The number of hydrazone groups is 1. The maximum absolute atomic E-state index is 12.8. The van der Waals surface area contributed by atoms with Crippen molar-refractivity contribution in [2.75, 3.05) is 28.4 Å². The number of methoxy groups -OCH3 is 4. The van der Waals surface area contributed by atoms with E-state index in [9.17, 15) is 9.59 Å². The Labute approximate surface area is 200 Å². The van der Waals surface area contributed by atoms with E-state index in [1.54, 1.807) is 18.2 Å². The SMILES string of the molecule is CCCCCCC(=O)NN=Cc1ccc(OC(=O)c2cc(OC)c(OC)c(OC)c2)c(OC)c1. The Morgan fingerprint density at radius 1 is 0.853 bits per heavy atom. The molecule has 34 heavy (non-hydrogen) atoms. The Hall–Kier alpha value is -3.75. The van der Waals surface area contributed by atoms with Gasteiger partial charge < -0.3 is 23.7 Å². The average Bonchev–Trinajstić information content (AvgIpc) is 2.86. The second-order valence-electron chi connectivity index (χ2n) is 7.32. The molecule has 0 aromatic heterocycles. The summed E-state index contributed by atoms with van der Waals surface area (Å²) in [4.78, 5) is 24.6. The fourth-order valence-corrected chi connectivity index (χ4v) is 3.15. The van der Waals surface area contributed by atoms with Gasteiger partial charge in [-0.3, -0.25) is 4.79 Å². The molecule has 1 amide bonds. The van der Waals surface area contributed by atoms with Gasteiger partial charge in [0, 0.05) is 6.42 Å². The highest BCUT2D eigenvalue weighted by atomic mass is 16.6. The lowest BCUT2D eigenvalue weighted by Gasteiger charge is -2.14. The molecule has 184 valence electrons. The Bertz CT molecular complexity index is 980. The van der Waals surface area contributed by atoms with Crippen molar-refractivity contribution < 1.29 is 33.3 Å². The van der Waals surface area contributed by atoms with Gasteiger partial charge in [-0.2, -0.15) is 5.10 Å². The first-order valence-corrected chi connectivity index (χ1v) is 11.0. The van der Waals surface area contributed by atoms with Crippen LogP contribution in [0.3, 0.4) is 0 Å². The molecule has 0 spiro atoms. The Morgan fingerprint density at radius 2 is 1.53 bits per heavy atom. The smallest absolute Gasteiger partial charge is 0.343 e. The van der Waals surface area contributed by atoms with E-state index in [4.69, 9.17) is 23.7 Å². The number of benzene rings is 2. The third-order valence-corrected chi connectivity index (χ3v) is 4.95. The van der Waals surface area contributed by atoms with Gasteiger partial charge in [0.25, 0.3) is 0 Å². The highest BCUT2D eigenvalue weighted by molar-refractivity contribution is 5.93. The van der Waals surface area contributed by atoms with Crippen LogP contribution in [0.2, 0.25) is 0 Å². The normalized spacial score (nSPS) is 10.6. The zero-order valence-corrected chi connectivity index (χ0v) is 20.3. The highest BCUT2D eigenvalue weighted by Crippen LogP contribution is 2.38. The molecule has 9 nitrogen and oxygen atoms in total. The zero-order valence-electron chi connectivity index (χ0n) is 20.3. The van der Waals surface area contributed by atoms with Crippen LogP contribution in [0.1, 0.15) is 54.9 Å². The number of rotatable bonds is 13. The van der Waals surface area contributed by atoms with Crippen LogP contribution in [0.5, 0.6) is 28.7 Å². The molecule has 0 aliphatic heterocycles. The number of nitrogens with one attached hydrogen (secondary N) is 1. The van der Waals surface area contributed by atoms with Crippen molar-refractivity contribution in [3.05, 3.63) is 41.5 Å². The molecule has 1 N–H and O–H groups in total. The predicted octanol–water partition coefficient (Wildman–Crippen LogP) is 4.36. The first-order valence-electron chi connectivity index (χ1n) is 11.0. The number of amides is 1. The third kappa shape index (κ3) is 7.40. The molecule has 0 atom stereocenters. The molecule has 0 aliphatic rings. The van der Waals surface area contributed by atoms with Crippen LogP contribution in [-0.4, -0.2) is 46.5 Å². The van der Waals surface area contributed by atoms with Gasteiger partial charge in [-0.25, -0.2) is 10.2 Å². The molecule has 2 aromatic rings. The number of esters is 1. The van der Waals surface area contributed by atoms with Crippen LogP contribution in [0.15, 0.2) is 35.4 Å². The van der Waals surface area contributed by atoms with Gasteiger partial charge in [0.2, 0.25) is 11.7 Å². The van der Waals surface area contributed by atoms with Crippen LogP contribution in [0.4, 0.5) is 0 Å². The minimum atomic E-state index is -0.630. The van der Waals surface area contributed by atoms with E-state index in [2.05, 4.69) is 17.5 Å². The van der Waals surface area contributed by atoms with Crippen LogP contribution < -0.4 is 29.1 Å². The lowest BCUT2D eigenvalue weighted by molar-refractivity contribution is -0.121. The lowest BCUT2D eigenvalue weighted by Crippen LogP contribution is -2.16. The van der Waals surface area contributed by atoms with Crippen molar-refractivity contribution in [1.29, 1.82) is 0 Å². The molecule has 0 bridgehead atoms. The van der Waals surface area contributed by atoms with Crippen LogP contribution in [0.25, 0.3) is 0 Å². The number of carbonyl (C=O) groups excluding carboxylic acids is 2. The summed E-state index contributed by atoms with van der Waals surface area (Å²) >= 11 is 0. The van der Waals surface area contributed by atoms with Gasteiger partial charge >= 0.3 is 5.97 Å². The lowest BCUT2D eigenvalue weighted by atomic mass is 10.1. The van der Waals surface area contributed by atoms with Crippen molar-refractivity contribution >= 4 is 18.1 Å². The van der Waals surface area contributed by atoms with E-state index in [1.807, 2.05) is 0 Å². The minimum absolute atomic E-state index is 0.129. The van der Waals surface area contributed by atoms with Gasteiger partial charge in [-0.1, -0.05) is 26.2 Å². The zero-order chi connectivity index (χ0) is 24.9. The maximum atomic E-state index is 12.8. The number of ether oxygens (including phenoxy) is 5. The van der Waals surface area contributed by atoms with Crippen molar-refractivity contribution in [3.8, 4) is 28.7 Å². The molecule has 0 saturated heterocycles. The van der Waals surface area contributed by atoms with Crippen molar-refractivity contribution in [2.45, 2.75) is 39.0 Å². The van der Waals surface area contributed by atoms with E-state index < -0.39 is 5.97 Å². The molecule has 0 heterocycles. The van der Waals surface area contributed by atoms with E-state index >= 15 is 0 Å². The topological polar surface area (TPSA) is 105 Å². The first kappa shape index (κ1) is 26.5. The van der Waals surface area contributed by atoms with E-state index in [-0.39, 0.29) is 17.2 Å². The molecule has 9 heteroatoms. The van der Waals surface area contributed by atoms with Gasteiger partial charge in [-0.05, 0) is 42.3 Å². The summed E-state index contributed by atoms with van der Waals surface area (Å²) < 4.78 is 26.7. The van der Waals surface area contributed by atoms with Crippen LogP contribution in [0, 0.1) is 0 Å². The third-order valence-electron chi connectivity index (χ3n) is 4.95. The number of unbranched alkanes of at least 4 members (excludes halogenated alkanes) is 3. The number of hydrogen-bond acceptors (Lipinski definition) is 8. The van der Waals surface area contributed by atoms with Gasteiger partial charge in [0.05, 0.1) is 40.2 Å². The summed E-state index contributed by atoms with van der Waals surface area (Å²) in [7, 11) is 5.87. The molecule has 0 fully saturated rings. The summed E-state index contributed by atoms with van der Waals surface area (Å²) in [6.45, 7) is 2.12. The average molecular weight is 473 g/mol. The maximum Gasteiger partial charge on any atom is 0.343 e. The Morgan fingerprint density at radius 3 is 2.12 bits per heavy atom. The van der Waals surface area contributed by atoms with Crippen molar-refractivity contribution in [3.63, 3.8) is 0 Å². The van der Waals surface area contributed by atoms with Gasteiger partial charge in [0.1, 0.15) is 0 Å². The summed E-state index contributed by atoms with van der Waals surface area (Å²) in [5.74, 6) is 0.828. The summed E-state index contributed by atoms with van der Waals surface area (Å²) in [5.41, 5.74) is 3.39. The minimum Gasteiger partial charge on any atom is -0.493 e. The fourth-order valence-electron chi connectivity index (χ4n) is 3.15. The predicted molar refractivity (Wildman–Crippen MR) is 129 cm³/mol. The summed E-state index contributed by atoms with van der Waals surface area (Å²) in [5, 5.41) is 3.98. The Balaban J connectivity index is 2.08. The number of nitrogens with zero attached hydrogens (tertiary/aromatic N) is 1. The highest BCUT2D eigenvalue weighted by Gasteiger charge is 2.19. The molecule has 0 radical (unpaired) electrons. The first-order chi connectivity index (χ1) is 16.5. The van der Waals surface area contributed by atoms with Crippen molar-refractivity contribution in [2.24, 2.45) is 5.10 Å². The van der Waals surface area contributed by atoms with E-state index in [0.717, 1.165) is 25.7 Å². The molecule has 0 saturated carbocycles. The number of hydrogen-bond donors (Lipinski definition) is 1. The largest absolute Gasteiger partial charge is 0.493 e. The van der Waals surface area contributed by atoms with Crippen LogP contribution >= 0.6 is 0 Å². The van der Waals surface area contributed by atoms with Crippen molar-refractivity contribution in [1.82, 2.24) is 5.43 Å². The standard InChI is InChI=1S/C25H32N2O7/c1-6-7-8-9-10-23(28)27-26-16-17-11-12-19(20(13-17)30-2)34-25(29)18-14-21(31-3)24(33-5)22(15-18)32-4/h11-16H,6-10H2,1-5H3,(H,27,28). The summed E-state index contributed by atoms with van der Waals surface area (Å²) in [6, 6.07) is 7.93. The molecular weight excluding hydrogens is 440 g/mol. The molecule has 2 rings (SSSR count). The monoisotopic (exact) mass is 472 g/mol. The number of carbonyl (C=O) groups is 2. The fraction of sp³-hybridized carbons (Fsp3) is 0.400. The second kappa shape index (κ2) is 13.7. The molecule has 2 aromatic carbocycles. The molecular formula is C25H32N2O7.